The van der Waals surface area contributed by atoms with Gasteiger partial charge in [0.05, 0.1) is 0 Å². The zero-order chi connectivity index (χ0) is 12.1. The van der Waals surface area contributed by atoms with Crippen LogP contribution in [0.25, 0.3) is 0 Å². The van der Waals surface area contributed by atoms with Crippen LogP contribution in [-0.4, -0.2) is 20.5 Å². The van der Waals surface area contributed by atoms with Gasteiger partial charge in [0.25, 0.3) is 0 Å². The Morgan fingerprint density at radius 3 is 1.40 bits per heavy atom. The lowest BCUT2D eigenvalue weighted by Gasteiger charge is -2.38. The molecule has 0 aromatic heterocycles. The van der Waals surface area contributed by atoms with Crippen LogP contribution in [0.3, 0.4) is 0 Å². The first kappa shape index (κ1) is 14.9. The molecule has 0 spiro atoms. The number of ether oxygens (including phenoxy) is 2. The molecule has 2 heteroatoms. The fourth-order valence-corrected chi connectivity index (χ4v) is 2.81. The van der Waals surface area contributed by atoms with E-state index in [4.69, 9.17) is 9.47 Å². The summed E-state index contributed by atoms with van der Waals surface area (Å²) in [6.45, 7) is 11.3. The van der Waals surface area contributed by atoms with Crippen molar-refractivity contribution >= 4 is 0 Å². The van der Waals surface area contributed by atoms with Gasteiger partial charge in [-0.25, -0.2) is 0 Å². The van der Waals surface area contributed by atoms with E-state index in [2.05, 4.69) is 34.6 Å². The molecule has 0 N–H and O–H groups in total. The van der Waals surface area contributed by atoms with E-state index in [9.17, 15) is 0 Å². The molecule has 0 aromatic rings. The highest BCUT2D eigenvalue weighted by Crippen LogP contribution is 2.38. The van der Waals surface area contributed by atoms with Crippen molar-refractivity contribution in [1.82, 2.24) is 0 Å². The largest absolute Gasteiger partial charge is 0.355 e. The predicted octanol–water partition coefficient (Wildman–Crippen LogP) is 3.70. The third kappa shape index (κ3) is 4.98. The van der Waals surface area contributed by atoms with E-state index >= 15 is 0 Å². The van der Waals surface area contributed by atoms with Gasteiger partial charge in [-0.1, -0.05) is 34.6 Å². The van der Waals surface area contributed by atoms with Gasteiger partial charge in [-0.2, -0.15) is 0 Å². The fourth-order valence-electron chi connectivity index (χ4n) is 2.81. The van der Waals surface area contributed by atoms with E-state index in [0.717, 1.165) is 12.8 Å². The third-order valence-electron chi connectivity index (χ3n) is 2.75. The Morgan fingerprint density at radius 2 is 1.20 bits per heavy atom. The minimum atomic E-state index is -0.0951. The van der Waals surface area contributed by atoms with Crippen LogP contribution >= 0.6 is 0 Å². The summed E-state index contributed by atoms with van der Waals surface area (Å²) >= 11 is 0. The van der Waals surface area contributed by atoms with Crippen molar-refractivity contribution in [2.45, 2.75) is 53.8 Å². The summed E-state index contributed by atoms with van der Waals surface area (Å²) in [6, 6.07) is 0. The first-order valence-electron chi connectivity index (χ1n) is 5.91. The summed E-state index contributed by atoms with van der Waals surface area (Å²) in [5.74, 6) is 1.34. The highest BCUT2D eigenvalue weighted by molar-refractivity contribution is 4.80. The molecule has 0 saturated heterocycles. The maximum atomic E-state index is 5.44. The van der Waals surface area contributed by atoms with Gasteiger partial charge in [-0.15, -0.1) is 0 Å². The highest BCUT2D eigenvalue weighted by atomic mass is 16.7. The van der Waals surface area contributed by atoms with Crippen molar-refractivity contribution in [3.05, 3.63) is 0 Å². The topological polar surface area (TPSA) is 18.5 Å². The molecule has 0 rings (SSSR count). The van der Waals surface area contributed by atoms with Crippen molar-refractivity contribution in [3.63, 3.8) is 0 Å². The lowest BCUT2D eigenvalue weighted by molar-refractivity contribution is -0.183. The molecule has 0 aliphatic heterocycles. The Hall–Kier alpha value is -0.0800. The second kappa shape index (κ2) is 6.49. The van der Waals surface area contributed by atoms with Crippen molar-refractivity contribution < 1.29 is 9.47 Å². The maximum Gasteiger partial charge on any atom is 0.162 e. The molecular formula is C13H28O2. The normalized spacial score (nSPS) is 13.2. The van der Waals surface area contributed by atoms with Crippen LogP contribution in [0, 0.1) is 17.3 Å². The van der Waals surface area contributed by atoms with E-state index in [1.165, 1.54) is 0 Å². The second-order valence-corrected chi connectivity index (χ2v) is 5.65. The Kier molecular flexibility index (Phi) is 6.46. The standard InChI is InChI=1S/C13H28O2/c1-10(2)8-13(5,9-11(3)4)12(14-6)15-7/h10-12H,8-9H2,1-7H3. The quantitative estimate of drug-likeness (QED) is 0.604. The summed E-state index contributed by atoms with van der Waals surface area (Å²) in [5, 5.41) is 0. The number of hydrogen-bond donors (Lipinski definition) is 0. The van der Waals surface area contributed by atoms with Crippen LogP contribution in [0.15, 0.2) is 0 Å². The zero-order valence-electron chi connectivity index (χ0n) is 11.5. The van der Waals surface area contributed by atoms with Crippen LogP contribution < -0.4 is 0 Å². The Morgan fingerprint density at radius 1 is 0.867 bits per heavy atom. The molecule has 0 aliphatic carbocycles. The number of rotatable bonds is 7. The van der Waals surface area contributed by atoms with Crippen molar-refractivity contribution in [1.29, 1.82) is 0 Å². The predicted molar refractivity (Wildman–Crippen MR) is 64.8 cm³/mol. The van der Waals surface area contributed by atoms with E-state index in [1.54, 1.807) is 14.2 Å². The van der Waals surface area contributed by atoms with Gasteiger partial charge in [0.2, 0.25) is 0 Å². The van der Waals surface area contributed by atoms with Gasteiger partial charge in [-0.3, -0.25) is 0 Å². The first-order valence-corrected chi connectivity index (χ1v) is 5.91. The summed E-state index contributed by atoms with van der Waals surface area (Å²) in [6.07, 6.45) is 2.18. The molecule has 2 nitrogen and oxygen atoms in total. The van der Waals surface area contributed by atoms with Crippen LogP contribution in [0.4, 0.5) is 0 Å². The molecular weight excluding hydrogens is 188 g/mol. The lowest BCUT2D eigenvalue weighted by Crippen LogP contribution is -2.37. The smallest absolute Gasteiger partial charge is 0.162 e. The molecule has 0 bridgehead atoms. The van der Waals surface area contributed by atoms with Gasteiger partial charge in [0, 0.05) is 19.6 Å². The molecule has 0 heterocycles. The molecule has 0 fully saturated rings. The average molecular weight is 216 g/mol. The van der Waals surface area contributed by atoms with Crippen LogP contribution in [-0.2, 0) is 9.47 Å². The average Bonchev–Trinajstić information content (AvgIpc) is 2.01. The summed E-state index contributed by atoms with van der Waals surface area (Å²) < 4.78 is 10.9. The molecule has 0 amide bonds. The van der Waals surface area contributed by atoms with Crippen LogP contribution in [0.1, 0.15) is 47.5 Å². The van der Waals surface area contributed by atoms with Crippen LogP contribution in [0.5, 0.6) is 0 Å². The Bertz CT molecular complexity index is 150. The minimum Gasteiger partial charge on any atom is -0.355 e. The maximum absolute atomic E-state index is 5.44. The van der Waals surface area contributed by atoms with E-state index in [0.29, 0.717) is 11.8 Å². The van der Waals surface area contributed by atoms with Gasteiger partial charge in [0.15, 0.2) is 6.29 Å². The molecule has 0 saturated carbocycles. The fraction of sp³-hybridized carbons (Fsp3) is 1.00. The van der Waals surface area contributed by atoms with Gasteiger partial charge < -0.3 is 9.47 Å². The van der Waals surface area contributed by atoms with E-state index in [1.807, 2.05) is 0 Å². The minimum absolute atomic E-state index is 0.0951. The first-order chi connectivity index (χ1) is 6.85. The van der Waals surface area contributed by atoms with E-state index < -0.39 is 0 Å². The number of methoxy groups -OCH3 is 2. The zero-order valence-corrected chi connectivity index (χ0v) is 11.5. The SMILES string of the molecule is COC(OC)C(C)(CC(C)C)CC(C)C. The molecule has 0 radical (unpaired) electrons. The highest BCUT2D eigenvalue weighted by Gasteiger charge is 2.35. The number of hydrogen-bond acceptors (Lipinski definition) is 2. The molecule has 15 heavy (non-hydrogen) atoms. The Balaban J connectivity index is 4.65. The molecule has 0 unspecified atom stereocenters. The van der Waals surface area contributed by atoms with E-state index in [-0.39, 0.29) is 11.7 Å². The summed E-state index contributed by atoms with van der Waals surface area (Å²) in [4.78, 5) is 0. The Labute approximate surface area is 95.3 Å². The summed E-state index contributed by atoms with van der Waals surface area (Å²) in [7, 11) is 3.46. The molecule has 0 aromatic carbocycles. The molecule has 0 aliphatic rings. The van der Waals surface area contributed by atoms with Crippen molar-refractivity contribution in [2.75, 3.05) is 14.2 Å². The monoisotopic (exact) mass is 216 g/mol. The van der Waals surface area contributed by atoms with Gasteiger partial charge >= 0.3 is 0 Å². The van der Waals surface area contributed by atoms with Gasteiger partial charge in [-0.05, 0) is 24.7 Å². The molecule has 0 atom stereocenters. The third-order valence-corrected chi connectivity index (χ3v) is 2.75. The second-order valence-electron chi connectivity index (χ2n) is 5.65. The van der Waals surface area contributed by atoms with Crippen LogP contribution in [0.2, 0.25) is 0 Å². The van der Waals surface area contributed by atoms with Gasteiger partial charge in [0.1, 0.15) is 0 Å². The molecule has 92 valence electrons. The van der Waals surface area contributed by atoms with Crippen molar-refractivity contribution in [2.24, 2.45) is 17.3 Å². The van der Waals surface area contributed by atoms with Crippen molar-refractivity contribution in [3.8, 4) is 0 Å². The lowest BCUT2D eigenvalue weighted by atomic mass is 9.75. The summed E-state index contributed by atoms with van der Waals surface area (Å²) in [5.41, 5.74) is 0.117.